The molecule has 1 fully saturated rings. The van der Waals surface area contributed by atoms with Crippen molar-refractivity contribution >= 4 is 16.9 Å². The van der Waals surface area contributed by atoms with Crippen LogP contribution >= 0.6 is 11.3 Å². The van der Waals surface area contributed by atoms with Gasteiger partial charge in [-0.25, -0.2) is 0 Å². The van der Waals surface area contributed by atoms with E-state index < -0.39 is 0 Å². The summed E-state index contributed by atoms with van der Waals surface area (Å²) < 4.78 is 0. The largest absolute Gasteiger partial charge is 0.316 e. The van der Waals surface area contributed by atoms with E-state index in [0.717, 1.165) is 13.1 Å². The second kappa shape index (κ2) is 5.19. The van der Waals surface area contributed by atoms with E-state index in [2.05, 4.69) is 41.0 Å². The molecule has 1 aliphatic carbocycles. The summed E-state index contributed by atoms with van der Waals surface area (Å²) in [5, 5.41) is 5.74. The molecule has 0 saturated carbocycles. The molecule has 0 spiro atoms. The summed E-state index contributed by atoms with van der Waals surface area (Å²) in [5.41, 5.74) is 7.78. The smallest absolute Gasteiger partial charge is 0.0380 e. The number of hydrogen-bond acceptors (Lipinski definition) is 2. The molecule has 0 unspecified atom stereocenters. The van der Waals surface area contributed by atoms with Crippen molar-refractivity contribution in [2.75, 3.05) is 13.1 Å². The van der Waals surface area contributed by atoms with E-state index >= 15 is 0 Å². The molecule has 20 heavy (non-hydrogen) atoms. The Hall–Kier alpha value is -1.38. The highest BCUT2D eigenvalue weighted by molar-refractivity contribution is 7.11. The van der Waals surface area contributed by atoms with Gasteiger partial charge in [-0.15, -0.1) is 11.3 Å². The molecular formula is C18H19NS. The molecule has 0 amide bonds. The summed E-state index contributed by atoms with van der Waals surface area (Å²) in [4.78, 5) is 1.53. The molecule has 0 atom stereocenters. The van der Waals surface area contributed by atoms with Gasteiger partial charge in [-0.05, 0) is 72.5 Å². The average molecular weight is 281 g/mol. The lowest BCUT2D eigenvalue weighted by Gasteiger charge is -2.21. The molecule has 1 aliphatic heterocycles. The number of benzene rings is 1. The van der Waals surface area contributed by atoms with Gasteiger partial charge in [-0.1, -0.05) is 29.8 Å². The molecule has 0 bridgehead atoms. The molecule has 4 rings (SSSR count). The van der Waals surface area contributed by atoms with Crippen LogP contribution in [0.4, 0.5) is 0 Å². The maximum absolute atomic E-state index is 3.48. The fourth-order valence-electron chi connectivity index (χ4n) is 3.46. The molecule has 2 heterocycles. The van der Waals surface area contributed by atoms with Crippen molar-refractivity contribution in [3.63, 3.8) is 0 Å². The summed E-state index contributed by atoms with van der Waals surface area (Å²) in [6, 6.07) is 11.3. The Labute approximate surface area is 124 Å². The minimum Gasteiger partial charge on any atom is -0.316 e. The van der Waals surface area contributed by atoms with E-state index in [-0.39, 0.29) is 0 Å². The van der Waals surface area contributed by atoms with Crippen LogP contribution in [0.15, 0.2) is 41.3 Å². The first-order valence-corrected chi connectivity index (χ1v) is 8.39. The SMILES string of the molecule is c1ccc2c(c1)CCc1ccsc1C2=C1CCNCC1. The highest BCUT2D eigenvalue weighted by atomic mass is 32.1. The number of fused-ring (bicyclic) bond motifs is 2. The van der Waals surface area contributed by atoms with Gasteiger partial charge in [0.25, 0.3) is 0 Å². The van der Waals surface area contributed by atoms with E-state index in [1.165, 1.54) is 41.7 Å². The summed E-state index contributed by atoms with van der Waals surface area (Å²) in [5.74, 6) is 0. The van der Waals surface area contributed by atoms with Crippen molar-refractivity contribution in [2.24, 2.45) is 0 Å². The topological polar surface area (TPSA) is 12.0 Å². The lowest BCUT2D eigenvalue weighted by atomic mass is 9.90. The minimum absolute atomic E-state index is 1.13. The Bertz CT molecular complexity index is 658. The Morgan fingerprint density at radius 2 is 1.65 bits per heavy atom. The molecule has 1 aromatic heterocycles. The molecular weight excluding hydrogens is 262 g/mol. The Morgan fingerprint density at radius 3 is 2.55 bits per heavy atom. The highest BCUT2D eigenvalue weighted by Gasteiger charge is 2.22. The van der Waals surface area contributed by atoms with Gasteiger partial charge in [0.2, 0.25) is 0 Å². The fourth-order valence-corrected chi connectivity index (χ4v) is 4.52. The molecule has 0 radical (unpaired) electrons. The third kappa shape index (κ3) is 2.04. The van der Waals surface area contributed by atoms with E-state index in [9.17, 15) is 0 Å². The number of rotatable bonds is 0. The standard InChI is InChI=1S/C18H19NS/c1-2-4-16-13(3-1)5-6-15-9-12-20-18(15)17(16)14-7-10-19-11-8-14/h1-4,9,12,19H,5-8,10-11H2. The summed E-state index contributed by atoms with van der Waals surface area (Å²) >= 11 is 1.93. The Balaban J connectivity index is 1.96. The van der Waals surface area contributed by atoms with Crippen molar-refractivity contribution in [3.05, 3.63) is 62.9 Å². The predicted octanol–water partition coefficient (Wildman–Crippen LogP) is 4.03. The van der Waals surface area contributed by atoms with Crippen LogP contribution in [0.25, 0.3) is 5.57 Å². The van der Waals surface area contributed by atoms with Crippen LogP contribution in [0.1, 0.15) is 34.4 Å². The lowest BCUT2D eigenvalue weighted by Crippen LogP contribution is -2.23. The van der Waals surface area contributed by atoms with Crippen LogP contribution in [0.3, 0.4) is 0 Å². The van der Waals surface area contributed by atoms with E-state index in [0.29, 0.717) is 0 Å². The third-order valence-corrected chi connectivity index (χ3v) is 5.46. The van der Waals surface area contributed by atoms with Crippen LogP contribution in [-0.4, -0.2) is 13.1 Å². The minimum atomic E-state index is 1.13. The van der Waals surface area contributed by atoms with Crippen LogP contribution in [-0.2, 0) is 12.8 Å². The second-order valence-corrected chi connectivity index (χ2v) is 6.58. The van der Waals surface area contributed by atoms with Crippen LogP contribution in [0.2, 0.25) is 0 Å². The summed E-state index contributed by atoms with van der Waals surface area (Å²) in [6.07, 6.45) is 4.75. The van der Waals surface area contributed by atoms with Gasteiger partial charge in [-0.3, -0.25) is 0 Å². The van der Waals surface area contributed by atoms with Crippen LogP contribution in [0.5, 0.6) is 0 Å². The number of hydrogen-bond donors (Lipinski definition) is 1. The molecule has 1 nitrogen and oxygen atoms in total. The van der Waals surface area contributed by atoms with Gasteiger partial charge in [-0.2, -0.15) is 0 Å². The van der Waals surface area contributed by atoms with E-state index in [4.69, 9.17) is 0 Å². The first-order chi connectivity index (χ1) is 9.93. The molecule has 102 valence electrons. The van der Waals surface area contributed by atoms with Gasteiger partial charge in [0, 0.05) is 4.88 Å². The maximum Gasteiger partial charge on any atom is 0.0380 e. The first-order valence-electron chi connectivity index (χ1n) is 7.51. The van der Waals surface area contributed by atoms with Crippen molar-refractivity contribution in [1.82, 2.24) is 5.32 Å². The van der Waals surface area contributed by atoms with Gasteiger partial charge >= 0.3 is 0 Å². The third-order valence-electron chi connectivity index (χ3n) is 4.48. The van der Waals surface area contributed by atoms with Crippen molar-refractivity contribution in [2.45, 2.75) is 25.7 Å². The van der Waals surface area contributed by atoms with Crippen molar-refractivity contribution in [1.29, 1.82) is 0 Å². The predicted molar refractivity (Wildman–Crippen MR) is 86.3 cm³/mol. The van der Waals surface area contributed by atoms with Crippen LogP contribution in [0, 0.1) is 0 Å². The number of thiophene rings is 1. The fraction of sp³-hybridized carbons (Fsp3) is 0.333. The van der Waals surface area contributed by atoms with Gasteiger partial charge in [0.15, 0.2) is 0 Å². The van der Waals surface area contributed by atoms with Crippen molar-refractivity contribution < 1.29 is 0 Å². The number of piperidine rings is 1. The maximum atomic E-state index is 3.48. The number of aryl methyl sites for hydroxylation is 2. The van der Waals surface area contributed by atoms with Gasteiger partial charge in [0.05, 0.1) is 0 Å². The Morgan fingerprint density at radius 1 is 0.850 bits per heavy atom. The Kier molecular flexibility index (Phi) is 3.21. The zero-order valence-corrected chi connectivity index (χ0v) is 12.4. The number of nitrogens with one attached hydrogen (secondary N) is 1. The van der Waals surface area contributed by atoms with E-state index in [1.807, 2.05) is 11.3 Å². The van der Waals surface area contributed by atoms with Crippen molar-refractivity contribution in [3.8, 4) is 0 Å². The zero-order chi connectivity index (χ0) is 13.4. The van der Waals surface area contributed by atoms with Gasteiger partial charge < -0.3 is 5.32 Å². The molecule has 2 aliphatic rings. The lowest BCUT2D eigenvalue weighted by molar-refractivity contribution is 0.611. The zero-order valence-electron chi connectivity index (χ0n) is 11.6. The highest BCUT2D eigenvalue weighted by Crippen LogP contribution is 2.40. The molecule has 1 aromatic carbocycles. The molecule has 1 N–H and O–H groups in total. The average Bonchev–Trinajstić information content (AvgIpc) is 2.90. The quantitative estimate of drug-likeness (QED) is 0.768. The molecule has 2 heteroatoms. The second-order valence-electron chi connectivity index (χ2n) is 5.66. The van der Waals surface area contributed by atoms with E-state index in [1.54, 1.807) is 16.7 Å². The monoisotopic (exact) mass is 281 g/mol. The molecule has 2 aromatic rings. The van der Waals surface area contributed by atoms with Crippen LogP contribution < -0.4 is 5.32 Å². The molecule has 1 saturated heterocycles. The summed E-state index contributed by atoms with van der Waals surface area (Å²) in [7, 11) is 0. The first kappa shape index (κ1) is 12.4. The summed E-state index contributed by atoms with van der Waals surface area (Å²) in [6.45, 7) is 2.25. The van der Waals surface area contributed by atoms with Gasteiger partial charge in [0.1, 0.15) is 0 Å². The normalized spacial score (nSPS) is 18.4.